The highest BCUT2D eigenvalue weighted by molar-refractivity contribution is 14.1. The molecule has 5 heteroatoms. The van der Waals surface area contributed by atoms with E-state index in [4.69, 9.17) is 4.74 Å². The first-order valence-corrected chi connectivity index (χ1v) is 7.89. The predicted octanol–water partition coefficient (Wildman–Crippen LogP) is 3.45. The molecule has 2 rings (SSSR count). The first-order chi connectivity index (χ1) is 8.65. The molecule has 0 spiro atoms. The van der Waals surface area contributed by atoms with Crippen molar-refractivity contribution in [1.29, 1.82) is 0 Å². The zero-order chi connectivity index (χ0) is 13.0. The zero-order valence-corrected chi connectivity index (χ0v) is 13.7. The minimum atomic E-state index is 0.0877. The SMILES string of the molecule is O=C(COc1cc(Br)cc(I)c1)N1CCCCC1. The zero-order valence-electron chi connectivity index (χ0n) is 9.99. The second-order valence-electron chi connectivity index (χ2n) is 4.34. The van der Waals surface area contributed by atoms with Crippen LogP contribution in [0.25, 0.3) is 0 Å². The minimum Gasteiger partial charge on any atom is -0.484 e. The summed E-state index contributed by atoms with van der Waals surface area (Å²) in [5.74, 6) is 0.823. The van der Waals surface area contributed by atoms with Gasteiger partial charge in [-0.3, -0.25) is 4.79 Å². The van der Waals surface area contributed by atoms with Crippen LogP contribution in [0.5, 0.6) is 5.75 Å². The third-order valence-corrected chi connectivity index (χ3v) is 3.99. The number of amides is 1. The van der Waals surface area contributed by atoms with Crippen LogP contribution in [0.15, 0.2) is 22.7 Å². The first-order valence-electron chi connectivity index (χ1n) is 6.02. The number of ether oxygens (including phenoxy) is 1. The van der Waals surface area contributed by atoms with Crippen molar-refractivity contribution in [3.05, 3.63) is 26.2 Å². The average molecular weight is 424 g/mol. The second-order valence-corrected chi connectivity index (χ2v) is 6.50. The molecule has 1 fully saturated rings. The lowest BCUT2D eigenvalue weighted by molar-refractivity contribution is -0.134. The Labute approximate surface area is 129 Å². The molecule has 0 saturated carbocycles. The van der Waals surface area contributed by atoms with Gasteiger partial charge in [0.05, 0.1) is 0 Å². The summed E-state index contributed by atoms with van der Waals surface area (Å²) in [6, 6.07) is 5.81. The van der Waals surface area contributed by atoms with Gasteiger partial charge < -0.3 is 9.64 Å². The van der Waals surface area contributed by atoms with Gasteiger partial charge in [-0.25, -0.2) is 0 Å². The van der Waals surface area contributed by atoms with Gasteiger partial charge in [-0.05, 0) is 60.1 Å². The van der Waals surface area contributed by atoms with Gasteiger partial charge in [0.25, 0.3) is 5.91 Å². The molecule has 1 aliphatic heterocycles. The maximum absolute atomic E-state index is 11.9. The highest BCUT2D eigenvalue weighted by atomic mass is 127. The van der Waals surface area contributed by atoms with Crippen LogP contribution in [0.3, 0.4) is 0 Å². The molecule has 1 heterocycles. The van der Waals surface area contributed by atoms with E-state index in [0.717, 1.165) is 39.7 Å². The molecule has 0 bridgehead atoms. The van der Waals surface area contributed by atoms with E-state index in [1.165, 1.54) is 6.42 Å². The van der Waals surface area contributed by atoms with Crippen LogP contribution < -0.4 is 4.74 Å². The van der Waals surface area contributed by atoms with Crippen molar-refractivity contribution in [2.24, 2.45) is 0 Å². The Hall–Kier alpha value is -0.300. The summed E-state index contributed by atoms with van der Waals surface area (Å²) in [6.45, 7) is 1.88. The second kappa shape index (κ2) is 6.75. The van der Waals surface area contributed by atoms with Gasteiger partial charge in [0.2, 0.25) is 0 Å². The molecule has 98 valence electrons. The van der Waals surface area contributed by atoms with E-state index in [2.05, 4.69) is 38.5 Å². The van der Waals surface area contributed by atoms with Crippen molar-refractivity contribution in [1.82, 2.24) is 4.90 Å². The quantitative estimate of drug-likeness (QED) is 0.697. The molecule has 1 amide bonds. The highest BCUT2D eigenvalue weighted by Crippen LogP contribution is 2.22. The summed E-state index contributed by atoms with van der Waals surface area (Å²) in [6.07, 6.45) is 3.45. The minimum absolute atomic E-state index is 0.0877. The largest absolute Gasteiger partial charge is 0.484 e. The van der Waals surface area contributed by atoms with Gasteiger partial charge in [-0.1, -0.05) is 15.9 Å². The van der Waals surface area contributed by atoms with Crippen LogP contribution in [0.2, 0.25) is 0 Å². The Kier molecular flexibility index (Phi) is 5.29. The lowest BCUT2D eigenvalue weighted by atomic mass is 10.1. The van der Waals surface area contributed by atoms with E-state index in [-0.39, 0.29) is 12.5 Å². The normalized spacial score (nSPS) is 15.6. The molecule has 0 unspecified atom stereocenters. The summed E-state index contributed by atoms with van der Waals surface area (Å²) in [4.78, 5) is 13.8. The van der Waals surface area contributed by atoms with Gasteiger partial charge >= 0.3 is 0 Å². The van der Waals surface area contributed by atoms with Crippen molar-refractivity contribution in [2.45, 2.75) is 19.3 Å². The molecule has 1 aromatic carbocycles. The number of carbonyl (C=O) groups excluding carboxylic acids is 1. The number of hydrogen-bond donors (Lipinski definition) is 0. The molecule has 0 aliphatic carbocycles. The van der Waals surface area contributed by atoms with E-state index < -0.39 is 0 Å². The molecular weight excluding hydrogens is 409 g/mol. The average Bonchev–Trinajstić information content (AvgIpc) is 2.36. The smallest absolute Gasteiger partial charge is 0.260 e. The summed E-state index contributed by atoms with van der Waals surface area (Å²) in [5, 5.41) is 0. The molecule has 0 atom stereocenters. The Morgan fingerprint density at radius 2 is 2.00 bits per heavy atom. The number of nitrogens with zero attached hydrogens (tertiary/aromatic N) is 1. The van der Waals surface area contributed by atoms with Crippen LogP contribution in [0, 0.1) is 3.57 Å². The predicted molar refractivity (Wildman–Crippen MR) is 82.8 cm³/mol. The van der Waals surface area contributed by atoms with Gasteiger partial charge in [-0.15, -0.1) is 0 Å². The summed E-state index contributed by atoms with van der Waals surface area (Å²) < 4.78 is 7.61. The summed E-state index contributed by atoms with van der Waals surface area (Å²) in [7, 11) is 0. The topological polar surface area (TPSA) is 29.5 Å². The maximum atomic E-state index is 11.9. The van der Waals surface area contributed by atoms with Crippen LogP contribution in [0.4, 0.5) is 0 Å². The van der Waals surface area contributed by atoms with Crippen LogP contribution in [-0.4, -0.2) is 30.5 Å². The van der Waals surface area contributed by atoms with Gasteiger partial charge in [-0.2, -0.15) is 0 Å². The number of hydrogen-bond acceptors (Lipinski definition) is 2. The number of halogens is 2. The van der Waals surface area contributed by atoms with E-state index in [1.54, 1.807) is 0 Å². The number of benzene rings is 1. The molecule has 1 saturated heterocycles. The van der Waals surface area contributed by atoms with Crippen molar-refractivity contribution >= 4 is 44.4 Å². The van der Waals surface area contributed by atoms with Crippen molar-refractivity contribution in [2.75, 3.05) is 19.7 Å². The molecule has 1 aliphatic rings. The lowest BCUT2D eigenvalue weighted by Gasteiger charge is -2.26. The van der Waals surface area contributed by atoms with Crippen LogP contribution in [0.1, 0.15) is 19.3 Å². The molecule has 1 aromatic rings. The van der Waals surface area contributed by atoms with Gasteiger partial charge in [0.1, 0.15) is 5.75 Å². The van der Waals surface area contributed by atoms with E-state index in [1.807, 2.05) is 23.1 Å². The van der Waals surface area contributed by atoms with Crippen LogP contribution in [-0.2, 0) is 4.79 Å². The number of likely N-dealkylation sites (tertiary alicyclic amines) is 1. The monoisotopic (exact) mass is 423 g/mol. The number of carbonyl (C=O) groups is 1. The molecule has 18 heavy (non-hydrogen) atoms. The standard InChI is InChI=1S/C13H15BrINO2/c14-10-6-11(15)8-12(7-10)18-9-13(17)16-4-2-1-3-5-16/h6-8H,1-5,9H2. The first kappa shape index (κ1) is 14.1. The highest BCUT2D eigenvalue weighted by Gasteiger charge is 2.16. The third-order valence-electron chi connectivity index (χ3n) is 2.91. The van der Waals surface area contributed by atoms with Gasteiger partial charge in [0.15, 0.2) is 6.61 Å². The summed E-state index contributed by atoms with van der Waals surface area (Å²) >= 11 is 5.64. The Morgan fingerprint density at radius 1 is 1.28 bits per heavy atom. The van der Waals surface area contributed by atoms with Crippen molar-refractivity contribution in [3.63, 3.8) is 0 Å². The lowest BCUT2D eigenvalue weighted by Crippen LogP contribution is -2.38. The number of rotatable bonds is 3. The maximum Gasteiger partial charge on any atom is 0.260 e. The summed E-state index contributed by atoms with van der Waals surface area (Å²) in [5.41, 5.74) is 0. The van der Waals surface area contributed by atoms with E-state index >= 15 is 0 Å². The van der Waals surface area contributed by atoms with E-state index in [0.29, 0.717) is 0 Å². The Bertz CT molecular complexity index is 413. The fourth-order valence-electron chi connectivity index (χ4n) is 1.99. The van der Waals surface area contributed by atoms with Gasteiger partial charge in [0, 0.05) is 21.1 Å². The molecule has 0 radical (unpaired) electrons. The molecule has 3 nitrogen and oxygen atoms in total. The fourth-order valence-corrected chi connectivity index (χ4v) is 3.53. The Morgan fingerprint density at radius 3 is 2.67 bits per heavy atom. The molecule has 0 aromatic heterocycles. The van der Waals surface area contributed by atoms with Crippen molar-refractivity contribution < 1.29 is 9.53 Å². The molecular formula is C13H15BrINO2. The van der Waals surface area contributed by atoms with Crippen molar-refractivity contribution in [3.8, 4) is 5.75 Å². The number of piperidine rings is 1. The molecule has 0 N–H and O–H groups in total. The fraction of sp³-hybridized carbons (Fsp3) is 0.462. The third kappa shape index (κ3) is 4.12. The van der Waals surface area contributed by atoms with Crippen LogP contribution >= 0.6 is 38.5 Å². The van der Waals surface area contributed by atoms with E-state index in [9.17, 15) is 4.79 Å². The Balaban J connectivity index is 1.88.